The highest BCUT2D eigenvalue weighted by molar-refractivity contribution is 9.10. The van der Waals surface area contributed by atoms with Gasteiger partial charge in [0, 0.05) is 16.7 Å². The van der Waals surface area contributed by atoms with E-state index in [1.165, 1.54) is 11.1 Å². The number of hydrogen-bond donors (Lipinski definition) is 2. The molecule has 0 unspecified atom stereocenters. The van der Waals surface area contributed by atoms with Crippen LogP contribution in [-0.2, 0) is 0 Å². The third-order valence-electron chi connectivity index (χ3n) is 3.03. The summed E-state index contributed by atoms with van der Waals surface area (Å²) in [7, 11) is 0. The number of nitrogens with one attached hydrogen (secondary N) is 2. The highest BCUT2D eigenvalue weighted by Crippen LogP contribution is 2.38. The van der Waals surface area contributed by atoms with Crippen LogP contribution in [0.15, 0.2) is 15.5 Å². The van der Waals surface area contributed by atoms with Gasteiger partial charge in [-0.3, -0.25) is 4.99 Å². The Morgan fingerprint density at radius 2 is 2.22 bits per heavy atom. The number of anilines is 1. The monoisotopic (exact) mass is 329 g/mol. The Hall–Kier alpha value is -0.740. The topological polar surface area (TPSA) is 36.4 Å². The average molecular weight is 331 g/mol. The van der Waals surface area contributed by atoms with Crippen molar-refractivity contribution in [2.45, 2.75) is 26.7 Å². The van der Waals surface area contributed by atoms with Crippen LogP contribution in [-0.4, -0.2) is 19.0 Å². The predicted molar refractivity (Wildman–Crippen MR) is 81.9 cm³/mol. The van der Waals surface area contributed by atoms with Crippen molar-refractivity contribution in [2.24, 2.45) is 4.99 Å². The number of benzene rings is 1. The lowest BCUT2D eigenvalue weighted by molar-refractivity contribution is 0.856. The van der Waals surface area contributed by atoms with Gasteiger partial charge in [-0.05, 0) is 46.0 Å². The molecule has 0 atom stereocenters. The van der Waals surface area contributed by atoms with Crippen LogP contribution in [0, 0.1) is 6.92 Å². The van der Waals surface area contributed by atoms with E-state index in [1.54, 1.807) is 0 Å². The second-order valence-corrected chi connectivity index (χ2v) is 5.93. The van der Waals surface area contributed by atoms with Gasteiger partial charge in [0.25, 0.3) is 0 Å². The van der Waals surface area contributed by atoms with Gasteiger partial charge in [-0.1, -0.05) is 25.4 Å². The number of aliphatic imine (C=N–C) groups is 1. The molecular weight excluding hydrogens is 314 g/mol. The minimum absolute atomic E-state index is 0.383. The lowest BCUT2D eigenvalue weighted by atomic mass is 9.96. The maximum atomic E-state index is 6.36. The molecule has 2 rings (SSSR count). The molecule has 1 aromatic carbocycles. The first-order valence-electron chi connectivity index (χ1n) is 6.04. The van der Waals surface area contributed by atoms with Crippen molar-refractivity contribution in [3.8, 4) is 0 Å². The number of nitrogens with zero attached hydrogens (tertiary/aromatic N) is 1. The molecule has 1 aromatic rings. The van der Waals surface area contributed by atoms with Gasteiger partial charge in [0.05, 0.1) is 11.6 Å². The van der Waals surface area contributed by atoms with E-state index in [9.17, 15) is 0 Å². The second-order valence-electron chi connectivity index (χ2n) is 4.70. The van der Waals surface area contributed by atoms with Gasteiger partial charge in [-0.15, -0.1) is 0 Å². The maximum Gasteiger partial charge on any atom is 0.195 e. The highest BCUT2D eigenvalue weighted by atomic mass is 79.9. The molecule has 0 spiro atoms. The number of guanidine groups is 1. The molecule has 0 saturated heterocycles. The van der Waals surface area contributed by atoms with Crippen molar-refractivity contribution in [3.63, 3.8) is 0 Å². The van der Waals surface area contributed by atoms with Crippen LogP contribution in [0.5, 0.6) is 0 Å². The van der Waals surface area contributed by atoms with E-state index in [-0.39, 0.29) is 0 Å². The molecule has 3 nitrogen and oxygen atoms in total. The van der Waals surface area contributed by atoms with Crippen LogP contribution in [0.3, 0.4) is 0 Å². The van der Waals surface area contributed by atoms with Crippen molar-refractivity contribution in [2.75, 3.05) is 18.4 Å². The van der Waals surface area contributed by atoms with Crippen molar-refractivity contribution >= 4 is 39.2 Å². The molecule has 0 aromatic heterocycles. The Morgan fingerprint density at radius 1 is 1.50 bits per heavy atom. The molecule has 2 N–H and O–H groups in total. The standard InChI is InChI=1S/C13H17BrClN3/c1-7(2)11-8(3)10(6-9(14)12(11)15)18-13-16-4-5-17-13/h6-7H,4-5H2,1-3H3,(H2,16,17,18). The van der Waals surface area contributed by atoms with Gasteiger partial charge >= 0.3 is 0 Å². The Morgan fingerprint density at radius 3 is 2.78 bits per heavy atom. The van der Waals surface area contributed by atoms with Gasteiger partial charge in [0.2, 0.25) is 0 Å². The van der Waals surface area contributed by atoms with E-state index in [0.717, 1.165) is 34.2 Å². The van der Waals surface area contributed by atoms with Crippen LogP contribution in [0.25, 0.3) is 0 Å². The molecule has 0 saturated carbocycles. The van der Waals surface area contributed by atoms with Crippen LogP contribution in [0.4, 0.5) is 5.69 Å². The Kier molecular flexibility index (Phi) is 4.17. The van der Waals surface area contributed by atoms with E-state index in [1.807, 2.05) is 6.07 Å². The molecule has 1 aliphatic heterocycles. The van der Waals surface area contributed by atoms with E-state index >= 15 is 0 Å². The first-order valence-corrected chi connectivity index (χ1v) is 7.21. The zero-order valence-corrected chi connectivity index (χ0v) is 13.1. The van der Waals surface area contributed by atoms with E-state index < -0.39 is 0 Å². The molecule has 0 amide bonds. The highest BCUT2D eigenvalue weighted by Gasteiger charge is 2.16. The summed E-state index contributed by atoms with van der Waals surface area (Å²) in [5.74, 6) is 1.22. The van der Waals surface area contributed by atoms with Gasteiger partial charge in [-0.2, -0.15) is 0 Å². The number of rotatable bonds is 2. The fourth-order valence-corrected chi connectivity index (χ4v) is 3.02. The molecule has 0 radical (unpaired) electrons. The third kappa shape index (κ3) is 2.64. The molecule has 1 heterocycles. The van der Waals surface area contributed by atoms with Crippen LogP contribution >= 0.6 is 27.5 Å². The van der Waals surface area contributed by atoms with Crippen molar-refractivity contribution in [1.82, 2.24) is 5.32 Å². The van der Waals surface area contributed by atoms with Crippen molar-refractivity contribution in [3.05, 3.63) is 26.7 Å². The first-order chi connectivity index (χ1) is 8.50. The Bertz CT molecular complexity index is 497. The Labute approximate surface area is 121 Å². The lowest BCUT2D eigenvalue weighted by Gasteiger charge is -2.18. The molecule has 0 fully saturated rings. The molecule has 0 bridgehead atoms. The molecule has 98 valence electrons. The molecule has 0 aliphatic carbocycles. The SMILES string of the molecule is Cc1c(NC2=NCCN2)cc(Br)c(Cl)c1C(C)C. The summed E-state index contributed by atoms with van der Waals surface area (Å²) in [6.07, 6.45) is 0. The normalized spacial score (nSPS) is 14.7. The zero-order valence-electron chi connectivity index (χ0n) is 10.8. The van der Waals surface area contributed by atoms with Gasteiger partial charge in [0.1, 0.15) is 0 Å². The number of halogens is 2. The Balaban J connectivity index is 2.41. The van der Waals surface area contributed by atoms with Crippen molar-refractivity contribution < 1.29 is 0 Å². The summed E-state index contributed by atoms with van der Waals surface area (Å²) in [5, 5.41) is 7.33. The molecule has 5 heteroatoms. The minimum atomic E-state index is 0.383. The minimum Gasteiger partial charge on any atom is -0.354 e. The van der Waals surface area contributed by atoms with Crippen LogP contribution in [0.1, 0.15) is 30.9 Å². The summed E-state index contributed by atoms with van der Waals surface area (Å²) in [6, 6.07) is 2.01. The summed E-state index contributed by atoms with van der Waals surface area (Å²) in [4.78, 5) is 4.34. The predicted octanol–water partition coefficient (Wildman–Crippen LogP) is 3.91. The largest absolute Gasteiger partial charge is 0.354 e. The molecular formula is C13H17BrClN3. The van der Waals surface area contributed by atoms with E-state index in [4.69, 9.17) is 11.6 Å². The second kappa shape index (κ2) is 5.49. The first kappa shape index (κ1) is 13.7. The smallest absolute Gasteiger partial charge is 0.195 e. The summed E-state index contributed by atoms with van der Waals surface area (Å²) in [5.41, 5.74) is 3.39. The number of hydrogen-bond acceptors (Lipinski definition) is 3. The quantitative estimate of drug-likeness (QED) is 0.862. The lowest BCUT2D eigenvalue weighted by Crippen LogP contribution is -2.26. The fourth-order valence-electron chi connectivity index (χ4n) is 2.16. The van der Waals surface area contributed by atoms with E-state index in [2.05, 4.69) is 52.3 Å². The van der Waals surface area contributed by atoms with Crippen molar-refractivity contribution in [1.29, 1.82) is 0 Å². The maximum absolute atomic E-state index is 6.36. The van der Waals surface area contributed by atoms with E-state index in [0.29, 0.717) is 5.92 Å². The third-order valence-corrected chi connectivity index (χ3v) is 4.29. The van der Waals surface area contributed by atoms with Gasteiger partial charge in [0.15, 0.2) is 5.96 Å². The molecule has 1 aliphatic rings. The van der Waals surface area contributed by atoms with Gasteiger partial charge < -0.3 is 10.6 Å². The van der Waals surface area contributed by atoms with Crippen LogP contribution in [0.2, 0.25) is 5.02 Å². The van der Waals surface area contributed by atoms with Gasteiger partial charge in [-0.25, -0.2) is 0 Å². The summed E-state index contributed by atoms with van der Waals surface area (Å²) < 4.78 is 0.916. The summed E-state index contributed by atoms with van der Waals surface area (Å²) >= 11 is 9.88. The zero-order chi connectivity index (χ0) is 13.3. The average Bonchev–Trinajstić information content (AvgIpc) is 2.78. The van der Waals surface area contributed by atoms with Crippen LogP contribution < -0.4 is 10.6 Å². The summed E-state index contributed by atoms with van der Waals surface area (Å²) in [6.45, 7) is 8.11. The fraction of sp³-hybridized carbons (Fsp3) is 0.462. The molecule has 18 heavy (non-hydrogen) atoms.